The average molecular weight is 561 g/mol. The van der Waals surface area contributed by atoms with E-state index in [9.17, 15) is 18.8 Å². The Hall–Kier alpha value is -4.99. The second-order valence-corrected chi connectivity index (χ2v) is 8.98. The van der Waals surface area contributed by atoms with Gasteiger partial charge >= 0.3 is 0 Å². The fraction of sp³-hybridized carbons (Fsp3) is 0.226. The Balaban J connectivity index is 1.59. The van der Waals surface area contributed by atoms with Crippen LogP contribution in [0, 0.1) is 12.7 Å². The van der Waals surface area contributed by atoms with Gasteiger partial charge in [0, 0.05) is 29.8 Å². The predicted octanol–water partition coefficient (Wildman–Crippen LogP) is 5.15. The third kappa shape index (κ3) is 10.2. The van der Waals surface area contributed by atoms with Gasteiger partial charge in [-0.3, -0.25) is 14.4 Å². The molecule has 3 aromatic carbocycles. The molecule has 9 nitrogen and oxygen atoms in total. The van der Waals surface area contributed by atoms with Crippen molar-refractivity contribution in [3.63, 3.8) is 0 Å². The van der Waals surface area contributed by atoms with Crippen LogP contribution in [-0.2, 0) is 20.8 Å². The highest BCUT2D eigenvalue weighted by Gasteiger charge is 2.15. The number of hydrogen-bond donors (Lipinski definition) is 3. The first-order valence-electron chi connectivity index (χ1n) is 13.0. The Bertz CT molecular complexity index is 1390. The summed E-state index contributed by atoms with van der Waals surface area (Å²) in [6.07, 6.45) is 3.52. The molecule has 41 heavy (non-hydrogen) atoms. The van der Waals surface area contributed by atoms with Crippen LogP contribution in [0.25, 0.3) is 0 Å². The SMILES string of the molecule is C=CCc1cc(C=NNC(=O)CCC(=O)Nc2ccc(C)cc2)cc(OCC)c1OCC(=O)Nc1ccc(F)cc1. The molecule has 3 N–H and O–H groups in total. The van der Waals surface area contributed by atoms with Crippen LogP contribution in [0.1, 0.15) is 36.5 Å². The van der Waals surface area contributed by atoms with Crippen molar-refractivity contribution in [2.24, 2.45) is 5.10 Å². The molecular weight excluding hydrogens is 527 g/mol. The normalized spacial score (nSPS) is 10.6. The zero-order valence-corrected chi connectivity index (χ0v) is 23.0. The van der Waals surface area contributed by atoms with E-state index in [1.165, 1.54) is 30.5 Å². The van der Waals surface area contributed by atoms with Crippen LogP contribution in [0.2, 0.25) is 0 Å². The lowest BCUT2D eigenvalue weighted by Crippen LogP contribution is -2.21. The van der Waals surface area contributed by atoms with Crippen molar-refractivity contribution < 1.29 is 28.2 Å². The maximum atomic E-state index is 13.1. The highest BCUT2D eigenvalue weighted by molar-refractivity contribution is 5.93. The monoisotopic (exact) mass is 560 g/mol. The predicted molar refractivity (Wildman–Crippen MR) is 157 cm³/mol. The molecule has 0 unspecified atom stereocenters. The molecule has 0 radical (unpaired) electrons. The van der Waals surface area contributed by atoms with Crippen LogP contribution in [0.4, 0.5) is 15.8 Å². The lowest BCUT2D eigenvalue weighted by Gasteiger charge is -2.16. The summed E-state index contributed by atoms with van der Waals surface area (Å²) in [5.41, 5.74) is 5.93. The fourth-order valence-corrected chi connectivity index (χ4v) is 3.68. The van der Waals surface area contributed by atoms with E-state index >= 15 is 0 Å². The smallest absolute Gasteiger partial charge is 0.262 e. The van der Waals surface area contributed by atoms with Crippen LogP contribution in [0.3, 0.4) is 0 Å². The number of nitrogens with one attached hydrogen (secondary N) is 3. The fourth-order valence-electron chi connectivity index (χ4n) is 3.68. The van der Waals surface area contributed by atoms with Crippen LogP contribution in [-0.4, -0.2) is 37.1 Å². The number of carbonyl (C=O) groups excluding carboxylic acids is 3. The van der Waals surface area contributed by atoms with Crippen molar-refractivity contribution in [2.75, 3.05) is 23.8 Å². The van der Waals surface area contributed by atoms with Gasteiger partial charge in [0.2, 0.25) is 11.8 Å². The Morgan fingerprint density at radius 1 is 0.902 bits per heavy atom. The first-order valence-corrected chi connectivity index (χ1v) is 13.0. The Labute approximate surface area is 238 Å². The number of nitrogens with zero attached hydrogens (tertiary/aromatic N) is 1. The Kier molecular flexibility index (Phi) is 11.6. The van der Waals surface area contributed by atoms with Crippen molar-refractivity contribution in [1.29, 1.82) is 0 Å². The number of halogens is 1. The van der Waals surface area contributed by atoms with Crippen molar-refractivity contribution in [2.45, 2.75) is 33.1 Å². The summed E-state index contributed by atoms with van der Waals surface area (Å²) in [5.74, 6) is -0.749. The molecule has 0 aromatic heterocycles. The number of allylic oxidation sites excluding steroid dienone is 1. The largest absolute Gasteiger partial charge is 0.490 e. The summed E-state index contributed by atoms with van der Waals surface area (Å²) in [7, 11) is 0. The van der Waals surface area contributed by atoms with Gasteiger partial charge in [0.05, 0.1) is 12.8 Å². The van der Waals surface area contributed by atoms with Gasteiger partial charge in [0.15, 0.2) is 18.1 Å². The molecule has 3 aromatic rings. The number of rotatable bonds is 14. The van der Waals surface area contributed by atoms with Gasteiger partial charge in [-0.2, -0.15) is 5.10 Å². The van der Waals surface area contributed by atoms with E-state index in [1.807, 2.05) is 26.0 Å². The van der Waals surface area contributed by atoms with E-state index in [2.05, 4.69) is 27.7 Å². The lowest BCUT2D eigenvalue weighted by molar-refractivity contribution is -0.124. The molecule has 0 bridgehead atoms. The number of amides is 3. The van der Waals surface area contributed by atoms with E-state index in [0.717, 1.165) is 5.56 Å². The number of anilines is 2. The van der Waals surface area contributed by atoms with Gasteiger partial charge in [-0.05, 0) is 74.4 Å². The Morgan fingerprint density at radius 3 is 2.20 bits per heavy atom. The molecule has 0 saturated heterocycles. The number of carbonyl (C=O) groups is 3. The summed E-state index contributed by atoms with van der Waals surface area (Å²) in [6.45, 7) is 7.59. The molecule has 0 atom stereocenters. The minimum atomic E-state index is -0.426. The summed E-state index contributed by atoms with van der Waals surface area (Å²) in [5, 5.41) is 9.40. The van der Waals surface area contributed by atoms with E-state index in [0.29, 0.717) is 47.0 Å². The second kappa shape index (κ2) is 15.6. The first kappa shape index (κ1) is 30.6. The molecular formula is C31H33FN4O5. The van der Waals surface area contributed by atoms with Crippen LogP contribution < -0.4 is 25.5 Å². The molecule has 0 heterocycles. The zero-order chi connectivity index (χ0) is 29.6. The molecule has 214 valence electrons. The van der Waals surface area contributed by atoms with E-state index < -0.39 is 17.6 Å². The minimum absolute atomic E-state index is 0.00791. The molecule has 0 aliphatic heterocycles. The van der Waals surface area contributed by atoms with Crippen molar-refractivity contribution >= 4 is 35.3 Å². The number of benzene rings is 3. The van der Waals surface area contributed by atoms with Crippen molar-refractivity contribution in [3.8, 4) is 11.5 Å². The average Bonchev–Trinajstić information content (AvgIpc) is 2.94. The van der Waals surface area contributed by atoms with E-state index in [-0.39, 0.29) is 25.4 Å². The second-order valence-electron chi connectivity index (χ2n) is 8.98. The molecule has 0 aliphatic carbocycles. The third-order valence-corrected chi connectivity index (χ3v) is 5.61. The van der Waals surface area contributed by atoms with E-state index in [1.54, 1.807) is 30.3 Å². The molecule has 0 saturated carbocycles. The van der Waals surface area contributed by atoms with Gasteiger partial charge in [0.25, 0.3) is 5.91 Å². The maximum absolute atomic E-state index is 13.1. The quantitative estimate of drug-likeness (QED) is 0.143. The maximum Gasteiger partial charge on any atom is 0.262 e. The van der Waals surface area contributed by atoms with Gasteiger partial charge in [-0.25, -0.2) is 9.82 Å². The van der Waals surface area contributed by atoms with Crippen molar-refractivity contribution in [1.82, 2.24) is 5.43 Å². The molecule has 0 spiro atoms. The third-order valence-electron chi connectivity index (χ3n) is 5.61. The molecule has 10 heteroatoms. The highest BCUT2D eigenvalue weighted by Crippen LogP contribution is 2.33. The topological polar surface area (TPSA) is 118 Å². The summed E-state index contributed by atoms with van der Waals surface area (Å²) < 4.78 is 24.7. The zero-order valence-electron chi connectivity index (χ0n) is 23.0. The van der Waals surface area contributed by atoms with Crippen LogP contribution >= 0.6 is 0 Å². The summed E-state index contributed by atoms with van der Waals surface area (Å²) in [4.78, 5) is 36.7. The first-order chi connectivity index (χ1) is 19.8. The number of aryl methyl sites for hydroxylation is 1. The molecule has 0 fully saturated rings. The van der Waals surface area contributed by atoms with Crippen molar-refractivity contribution in [3.05, 3.63) is 95.8 Å². The minimum Gasteiger partial charge on any atom is -0.490 e. The standard InChI is InChI=1S/C31H33FN4O5/c1-4-6-23-17-22(19-33-36-29(38)16-15-28(37)34-25-11-7-21(3)8-12-25)18-27(40-5-2)31(23)41-20-30(39)35-26-13-9-24(32)10-14-26/h4,7-14,17-19H,1,5-6,15-16,20H2,2-3H3,(H,34,37)(H,35,39)(H,36,38). The summed E-state index contributed by atoms with van der Waals surface area (Å²) in [6, 6.07) is 16.2. The van der Waals surface area contributed by atoms with Crippen LogP contribution in [0.5, 0.6) is 11.5 Å². The summed E-state index contributed by atoms with van der Waals surface area (Å²) >= 11 is 0. The van der Waals surface area contributed by atoms with Gasteiger partial charge < -0.3 is 20.1 Å². The highest BCUT2D eigenvalue weighted by atomic mass is 19.1. The number of hydrogen-bond acceptors (Lipinski definition) is 6. The van der Waals surface area contributed by atoms with Gasteiger partial charge in [-0.1, -0.05) is 23.8 Å². The number of hydrazone groups is 1. The van der Waals surface area contributed by atoms with Gasteiger partial charge in [-0.15, -0.1) is 6.58 Å². The van der Waals surface area contributed by atoms with E-state index in [4.69, 9.17) is 9.47 Å². The molecule has 3 amide bonds. The molecule has 0 aliphatic rings. The number of ether oxygens (including phenoxy) is 2. The van der Waals surface area contributed by atoms with Gasteiger partial charge in [0.1, 0.15) is 5.82 Å². The van der Waals surface area contributed by atoms with Crippen LogP contribution in [0.15, 0.2) is 78.4 Å². The lowest BCUT2D eigenvalue weighted by atomic mass is 10.1. The Morgan fingerprint density at radius 2 is 1.54 bits per heavy atom. The molecule has 3 rings (SSSR count).